The minimum absolute atomic E-state index is 0.280. The van der Waals surface area contributed by atoms with E-state index >= 15 is 0 Å². The molecule has 0 aromatic heterocycles. The smallest absolute Gasteiger partial charge is 0.150 e. The van der Waals surface area contributed by atoms with Gasteiger partial charge in [-0.15, -0.1) is 0 Å². The predicted molar refractivity (Wildman–Crippen MR) is 68.5 cm³/mol. The second-order valence-corrected chi connectivity index (χ2v) is 4.03. The standard InChI is InChI=1S/C15H13FO2/c1-10-7-12(16)3-5-14(10)15-6-4-13(18-2)8-11(15)9-17/h3-9H,1-2H3. The summed E-state index contributed by atoms with van der Waals surface area (Å²) >= 11 is 0. The van der Waals surface area contributed by atoms with Crippen molar-refractivity contribution in [2.75, 3.05) is 7.11 Å². The van der Waals surface area contributed by atoms with Gasteiger partial charge in [0.25, 0.3) is 0 Å². The molecule has 0 amide bonds. The van der Waals surface area contributed by atoms with Gasteiger partial charge in [0, 0.05) is 5.56 Å². The Kier molecular flexibility index (Phi) is 3.42. The zero-order chi connectivity index (χ0) is 13.1. The van der Waals surface area contributed by atoms with Crippen molar-refractivity contribution in [3.8, 4) is 16.9 Å². The molecular weight excluding hydrogens is 231 g/mol. The largest absolute Gasteiger partial charge is 0.497 e. The summed E-state index contributed by atoms with van der Waals surface area (Å²) in [5, 5.41) is 0. The van der Waals surface area contributed by atoms with Gasteiger partial charge in [-0.1, -0.05) is 6.07 Å². The lowest BCUT2D eigenvalue weighted by Crippen LogP contribution is -1.93. The normalized spacial score (nSPS) is 10.2. The molecule has 0 radical (unpaired) electrons. The fourth-order valence-electron chi connectivity index (χ4n) is 1.94. The summed E-state index contributed by atoms with van der Waals surface area (Å²) in [7, 11) is 1.55. The molecule has 3 heteroatoms. The third-order valence-corrected chi connectivity index (χ3v) is 2.86. The summed E-state index contributed by atoms with van der Waals surface area (Å²) in [5.41, 5.74) is 2.96. The maximum absolute atomic E-state index is 13.1. The van der Waals surface area contributed by atoms with Gasteiger partial charge >= 0.3 is 0 Å². The molecule has 2 aromatic rings. The average Bonchev–Trinajstić information content (AvgIpc) is 2.38. The van der Waals surface area contributed by atoms with E-state index in [9.17, 15) is 9.18 Å². The van der Waals surface area contributed by atoms with Crippen LogP contribution in [0.2, 0.25) is 0 Å². The summed E-state index contributed by atoms with van der Waals surface area (Å²) < 4.78 is 18.2. The molecule has 0 spiro atoms. The number of aldehydes is 1. The monoisotopic (exact) mass is 244 g/mol. The Morgan fingerprint density at radius 2 is 1.83 bits per heavy atom. The number of methoxy groups -OCH3 is 1. The van der Waals surface area contributed by atoms with E-state index < -0.39 is 0 Å². The highest BCUT2D eigenvalue weighted by Gasteiger charge is 2.09. The van der Waals surface area contributed by atoms with E-state index in [-0.39, 0.29) is 5.82 Å². The van der Waals surface area contributed by atoms with Crippen molar-refractivity contribution in [1.82, 2.24) is 0 Å². The number of rotatable bonds is 3. The van der Waals surface area contributed by atoms with Crippen LogP contribution in [-0.4, -0.2) is 13.4 Å². The number of carbonyl (C=O) groups is 1. The molecule has 0 saturated heterocycles. The second kappa shape index (κ2) is 5.00. The summed E-state index contributed by atoms with van der Waals surface area (Å²) in [6, 6.07) is 9.79. The van der Waals surface area contributed by atoms with Crippen LogP contribution in [0.3, 0.4) is 0 Å². The fourth-order valence-corrected chi connectivity index (χ4v) is 1.94. The van der Waals surface area contributed by atoms with Crippen LogP contribution < -0.4 is 4.74 Å². The van der Waals surface area contributed by atoms with Gasteiger partial charge < -0.3 is 4.74 Å². The van der Waals surface area contributed by atoms with Crippen molar-refractivity contribution in [3.05, 3.63) is 53.3 Å². The number of benzene rings is 2. The molecule has 0 heterocycles. The minimum atomic E-state index is -0.280. The van der Waals surface area contributed by atoms with Crippen LogP contribution in [0.15, 0.2) is 36.4 Å². The molecule has 92 valence electrons. The van der Waals surface area contributed by atoms with Crippen molar-refractivity contribution in [2.24, 2.45) is 0 Å². The maximum atomic E-state index is 13.1. The summed E-state index contributed by atoms with van der Waals surface area (Å²) in [6.07, 6.45) is 0.778. The molecule has 0 aliphatic heterocycles. The van der Waals surface area contributed by atoms with Gasteiger partial charge in [0.15, 0.2) is 6.29 Å². The number of ether oxygens (including phenoxy) is 1. The topological polar surface area (TPSA) is 26.3 Å². The van der Waals surface area contributed by atoms with Gasteiger partial charge in [0.05, 0.1) is 7.11 Å². The van der Waals surface area contributed by atoms with E-state index in [1.807, 2.05) is 13.0 Å². The van der Waals surface area contributed by atoms with Crippen molar-refractivity contribution in [1.29, 1.82) is 0 Å². The van der Waals surface area contributed by atoms with Gasteiger partial charge in [-0.2, -0.15) is 0 Å². The second-order valence-electron chi connectivity index (χ2n) is 4.03. The first-order valence-corrected chi connectivity index (χ1v) is 5.55. The lowest BCUT2D eigenvalue weighted by molar-refractivity contribution is 0.112. The Labute approximate surface area is 105 Å². The zero-order valence-corrected chi connectivity index (χ0v) is 10.2. The van der Waals surface area contributed by atoms with Crippen LogP contribution in [0.1, 0.15) is 15.9 Å². The third kappa shape index (κ3) is 2.25. The molecule has 2 nitrogen and oxygen atoms in total. The Morgan fingerprint density at radius 3 is 2.44 bits per heavy atom. The maximum Gasteiger partial charge on any atom is 0.150 e. The highest BCUT2D eigenvalue weighted by molar-refractivity contribution is 5.89. The van der Waals surface area contributed by atoms with Crippen molar-refractivity contribution < 1.29 is 13.9 Å². The number of aryl methyl sites for hydroxylation is 1. The molecule has 2 aromatic carbocycles. The van der Waals surface area contributed by atoms with Crippen LogP contribution in [-0.2, 0) is 0 Å². The number of hydrogen-bond donors (Lipinski definition) is 0. The Bertz CT molecular complexity index is 591. The fraction of sp³-hybridized carbons (Fsp3) is 0.133. The molecular formula is C15H13FO2. The van der Waals surface area contributed by atoms with Crippen molar-refractivity contribution in [2.45, 2.75) is 6.92 Å². The highest BCUT2D eigenvalue weighted by Crippen LogP contribution is 2.29. The summed E-state index contributed by atoms with van der Waals surface area (Å²) in [4.78, 5) is 11.1. The average molecular weight is 244 g/mol. The highest BCUT2D eigenvalue weighted by atomic mass is 19.1. The zero-order valence-electron chi connectivity index (χ0n) is 10.2. The summed E-state index contributed by atoms with van der Waals surface area (Å²) in [5.74, 6) is 0.345. The Morgan fingerprint density at radius 1 is 1.11 bits per heavy atom. The molecule has 0 atom stereocenters. The summed E-state index contributed by atoms with van der Waals surface area (Å²) in [6.45, 7) is 1.82. The first kappa shape index (κ1) is 12.3. The predicted octanol–water partition coefficient (Wildman–Crippen LogP) is 3.62. The molecule has 0 saturated carbocycles. The van der Waals surface area contributed by atoms with Crippen LogP contribution >= 0.6 is 0 Å². The van der Waals surface area contributed by atoms with Crippen molar-refractivity contribution >= 4 is 6.29 Å². The minimum Gasteiger partial charge on any atom is -0.497 e. The van der Waals surface area contributed by atoms with Gasteiger partial charge in [-0.3, -0.25) is 4.79 Å². The van der Waals surface area contributed by atoms with E-state index in [2.05, 4.69) is 0 Å². The molecule has 18 heavy (non-hydrogen) atoms. The van der Waals surface area contributed by atoms with E-state index in [0.29, 0.717) is 11.3 Å². The molecule has 0 fully saturated rings. The lowest BCUT2D eigenvalue weighted by atomic mass is 9.96. The number of carbonyl (C=O) groups excluding carboxylic acids is 1. The van der Waals surface area contributed by atoms with Crippen LogP contribution in [0.4, 0.5) is 4.39 Å². The van der Waals surface area contributed by atoms with E-state index in [1.54, 1.807) is 25.3 Å². The first-order chi connectivity index (χ1) is 8.65. The number of hydrogen-bond acceptors (Lipinski definition) is 2. The first-order valence-electron chi connectivity index (χ1n) is 5.55. The van der Waals surface area contributed by atoms with Gasteiger partial charge in [-0.05, 0) is 53.9 Å². The van der Waals surface area contributed by atoms with Crippen LogP contribution in [0, 0.1) is 12.7 Å². The molecule has 0 unspecified atom stereocenters. The van der Waals surface area contributed by atoms with E-state index in [1.165, 1.54) is 12.1 Å². The Hall–Kier alpha value is -2.16. The SMILES string of the molecule is COc1ccc(-c2ccc(F)cc2C)c(C=O)c1. The van der Waals surface area contributed by atoms with E-state index in [4.69, 9.17) is 4.74 Å². The van der Waals surface area contributed by atoms with Crippen molar-refractivity contribution in [3.63, 3.8) is 0 Å². The van der Waals surface area contributed by atoms with Gasteiger partial charge in [0.2, 0.25) is 0 Å². The Balaban J connectivity index is 2.59. The quantitative estimate of drug-likeness (QED) is 0.771. The van der Waals surface area contributed by atoms with Crippen LogP contribution in [0.25, 0.3) is 11.1 Å². The molecule has 2 rings (SSSR count). The molecule has 0 aliphatic rings. The van der Waals surface area contributed by atoms with Gasteiger partial charge in [0.1, 0.15) is 11.6 Å². The third-order valence-electron chi connectivity index (χ3n) is 2.86. The molecule has 0 bridgehead atoms. The molecule has 0 aliphatic carbocycles. The van der Waals surface area contributed by atoms with Crippen LogP contribution in [0.5, 0.6) is 5.75 Å². The van der Waals surface area contributed by atoms with E-state index in [0.717, 1.165) is 23.0 Å². The molecule has 0 N–H and O–H groups in total. The lowest BCUT2D eigenvalue weighted by Gasteiger charge is -2.10. The number of halogens is 1. The van der Waals surface area contributed by atoms with Gasteiger partial charge in [-0.25, -0.2) is 4.39 Å².